The number of halogens is 4. The minimum Gasteiger partial charge on any atom is -0.329 e. The van der Waals surface area contributed by atoms with Gasteiger partial charge >= 0.3 is 0 Å². The lowest BCUT2D eigenvalue weighted by molar-refractivity contribution is 1.04. The van der Waals surface area contributed by atoms with E-state index in [9.17, 15) is 0 Å². The summed E-state index contributed by atoms with van der Waals surface area (Å²) in [4.78, 5) is 7.43. The molecule has 20 heavy (non-hydrogen) atoms. The van der Waals surface area contributed by atoms with Crippen molar-refractivity contribution in [2.45, 2.75) is 0 Å². The van der Waals surface area contributed by atoms with Crippen molar-refractivity contribution in [3.63, 3.8) is 0 Å². The van der Waals surface area contributed by atoms with E-state index in [1.807, 2.05) is 6.07 Å². The molecule has 0 saturated heterocycles. The van der Waals surface area contributed by atoms with Crippen molar-refractivity contribution in [2.75, 3.05) is 0 Å². The summed E-state index contributed by atoms with van der Waals surface area (Å²) in [5.41, 5.74) is 2.09. The molecule has 0 aliphatic rings. The second kappa shape index (κ2) is 5.31. The van der Waals surface area contributed by atoms with Crippen molar-refractivity contribution in [3.05, 3.63) is 48.7 Å². The number of fused-ring (bicyclic) bond motifs is 1. The van der Waals surface area contributed by atoms with Crippen molar-refractivity contribution in [1.82, 2.24) is 14.5 Å². The van der Waals surface area contributed by atoms with Gasteiger partial charge in [0.15, 0.2) is 10.4 Å². The number of rotatable bonds is 1. The molecule has 2 heterocycles. The molecule has 0 bridgehead atoms. The zero-order chi connectivity index (χ0) is 14.4. The molecular weight excluding hydrogens is 404 g/mol. The molecule has 0 amide bonds. The van der Waals surface area contributed by atoms with Crippen LogP contribution in [-0.2, 0) is 0 Å². The first-order valence-electron chi connectivity index (χ1n) is 5.38. The number of hydrogen-bond donors (Lipinski definition) is 1. The molecule has 0 saturated carbocycles. The van der Waals surface area contributed by atoms with Gasteiger partial charge in [-0.2, -0.15) is 0 Å². The largest absolute Gasteiger partial charge is 0.329 e. The first kappa shape index (κ1) is 14.4. The van der Waals surface area contributed by atoms with Crippen molar-refractivity contribution in [3.8, 4) is 5.69 Å². The third-order valence-corrected chi connectivity index (χ3v) is 4.46. The number of aromatic amines is 1. The van der Waals surface area contributed by atoms with Gasteiger partial charge in [0.25, 0.3) is 0 Å². The highest BCUT2D eigenvalue weighted by atomic mass is 79.9. The van der Waals surface area contributed by atoms with Crippen LogP contribution in [0.1, 0.15) is 0 Å². The molecular formula is C12H5BrCl3N3S. The predicted molar refractivity (Wildman–Crippen MR) is 89.0 cm³/mol. The third kappa shape index (κ3) is 2.38. The average Bonchev–Trinajstić information content (AvgIpc) is 2.69. The van der Waals surface area contributed by atoms with E-state index in [2.05, 4.69) is 25.9 Å². The maximum Gasteiger partial charge on any atom is 0.184 e. The topological polar surface area (TPSA) is 33.6 Å². The van der Waals surface area contributed by atoms with Gasteiger partial charge in [0.2, 0.25) is 0 Å². The number of pyridine rings is 1. The van der Waals surface area contributed by atoms with Crippen molar-refractivity contribution < 1.29 is 0 Å². The molecule has 3 aromatic rings. The maximum atomic E-state index is 6.24. The van der Waals surface area contributed by atoms with Crippen molar-refractivity contribution >= 4 is 74.1 Å². The van der Waals surface area contributed by atoms with Crippen LogP contribution in [0, 0.1) is 4.77 Å². The highest BCUT2D eigenvalue weighted by Gasteiger charge is 2.13. The Kier molecular flexibility index (Phi) is 3.81. The normalized spacial score (nSPS) is 11.2. The number of nitrogens with zero attached hydrogens (tertiary/aromatic N) is 2. The van der Waals surface area contributed by atoms with Gasteiger partial charge in [0.1, 0.15) is 0 Å². The number of aromatic nitrogens is 3. The minimum absolute atomic E-state index is 0.391. The van der Waals surface area contributed by atoms with Crippen LogP contribution in [-0.4, -0.2) is 14.5 Å². The molecule has 102 valence electrons. The Morgan fingerprint density at radius 2 is 1.80 bits per heavy atom. The summed E-state index contributed by atoms with van der Waals surface area (Å²) in [6.07, 6.45) is 1.69. The van der Waals surface area contributed by atoms with E-state index < -0.39 is 0 Å². The summed E-state index contributed by atoms with van der Waals surface area (Å²) in [5.74, 6) is 0. The molecule has 0 spiro atoms. The Bertz CT molecular complexity index is 888. The van der Waals surface area contributed by atoms with Gasteiger partial charge < -0.3 is 4.98 Å². The molecule has 2 aromatic heterocycles. The van der Waals surface area contributed by atoms with Gasteiger partial charge in [-0.15, -0.1) is 0 Å². The SMILES string of the molecule is S=c1[nH]c2cc(Br)cnc2n1-c1cc(Cl)c(Cl)cc1Cl. The lowest BCUT2D eigenvalue weighted by atomic mass is 10.3. The summed E-state index contributed by atoms with van der Waals surface area (Å²) in [6, 6.07) is 5.14. The molecule has 8 heteroatoms. The molecule has 1 aromatic carbocycles. The van der Waals surface area contributed by atoms with Gasteiger partial charge in [0.05, 0.1) is 26.3 Å². The van der Waals surface area contributed by atoms with Crippen LogP contribution in [0.5, 0.6) is 0 Å². The maximum absolute atomic E-state index is 6.24. The number of benzene rings is 1. The second-order valence-electron chi connectivity index (χ2n) is 4.01. The molecule has 0 unspecified atom stereocenters. The van der Waals surface area contributed by atoms with Gasteiger partial charge in [0, 0.05) is 10.7 Å². The smallest absolute Gasteiger partial charge is 0.184 e. The molecule has 0 radical (unpaired) electrons. The van der Waals surface area contributed by atoms with E-state index in [1.165, 1.54) is 0 Å². The van der Waals surface area contributed by atoms with Crippen LogP contribution < -0.4 is 0 Å². The summed E-state index contributed by atoms with van der Waals surface area (Å²) < 4.78 is 3.06. The Balaban J connectivity index is 2.38. The Morgan fingerprint density at radius 3 is 2.55 bits per heavy atom. The van der Waals surface area contributed by atoms with Gasteiger partial charge in [-0.3, -0.25) is 4.57 Å². The fourth-order valence-corrected chi connectivity index (χ4v) is 3.13. The monoisotopic (exact) mass is 407 g/mol. The fraction of sp³-hybridized carbons (Fsp3) is 0. The predicted octanol–water partition coefficient (Wildman–Crippen LogP) is 5.81. The summed E-state index contributed by atoms with van der Waals surface area (Å²) in [6.45, 7) is 0. The molecule has 3 nitrogen and oxygen atoms in total. The van der Waals surface area contributed by atoms with Crippen LogP contribution in [0.15, 0.2) is 28.9 Å². The van der Waals surface area contributed by atoms with E-state index >= 15 is 0 Å². The highest BCUT2D eigenvalue weighted by Crippen LogP contribution is 2.33. The van der Waals surface area contributed by atoms with Crippen LogP contribution in [0.2, 0.25) is 15.1 Å². The number of H-pyrrole nitrogens is 1. The molecule has 1 N–H and O–H groups in total. The second-order valence-corrected chi connectivity index (χ2v) is 6.53. The Labute approximate surface area is 142 Å². The van der Waals surface area contributed by atoms with E-state index in [1.54, 1.807) is 22.9 Å². The third-order valence-electron chi connectivity index (χ3n) is 2.72. The molecule has 0 aliphatic heterocycles. The lowest BCUT2D eigenvalue weighted by Gasteiger charge is -2.08. The minimum atomic E-state index is 0.391. The standard InChI is InChI=1S/C12H5BrCl3N3S/c13-5-1-9-11(17-4-5)19(12(20)18-9)10-3-7(15)6(14)2-8(10)16/h1-4H,(H,18,20). The molecule has 0 atom stereocenters. The molecule has 3 rings (SSSR count). The highest BCUT2D eigenvalue weighted by molar-refractivity contribution is 9.10. The van der Waals surface area contributed by atoms with Gasteiger partial charge in [-0.05, 0) is 46.3 Å². The summed E-state index contributed by atoms with van der Waals surface area (Å²) in [5, 5.41) is 1.24. The van der Waals surface area contributed by atoms with E-state index in [-0.39, 0.29) is 0 Å². The zero-order valence-electron chi connectivity index (χ0n) is 9.62. The van der Waals surface area contributed by atoms with Crippen molar-refractivity contribution in [2.24, 2.45) is 0 Å². The first-order valence-corrected chi connectivity index (χ1v) is 7.72. The van der Waals surface area contributed by atoms with Crippen LogP contribution >= 0.6 is 63.0 Å². The Hall–Kier alpha value is -0.590. The quantitative estimate of drug-likeness (QED) is 0.407. The summed E-state index contributed by atoms with van der Waals surface area (Å²) in [7, 11) is 0. The van der Waals surface area contributed by atoms with Crippen LogP contribution in [0.3, 0.4) is 0 Å². The first-order chi connectivity index (χ1) is 9.47. The van der Waals surface area contributed by atoms with Crippen LogP contribution in [0.4, 0.5) is 0 Å². The van der Waals surface area contributed by atoms with Gasteiger partial charge in [-0.25, -0.2) is 4.98 Å². The van der Waals surface area contributed by atoms with Gasteiger partial charge in [-0.1, -0.05) is 34.8 Å². The summed E-state index contributed by atoms with van der Waals surface area (Å²) >= 11 is 26.9. The molecule has 0 aliphatic carbocycles. The van der Waals surface area contributed by atoms with E-state index in [4.69, 9.17) is 47.0 Å². The fourth-order valence-electron chi connectivity index (χ4n) is 1.88. The number of nitrogens with one attached hydrogen (secondary N) is 1. The number of hydrogen-bond acceptors (Lipinski definition) is 2. The zero-order valence-corrected chi connectivity index (χ0v) is 14.3. The molecule has 0 fully saturated rings. The lowest BCUT2D eigenvalue weighted by Crippen LogP contribution is -1.97. The van der Waals surface area contributed by atoms with Crippen LogP contribution in [0.25, 0.3) is 16.9 Å². The van der Waals surface area contributed by atoms with E-state index in [0.29, 0.717) is 31.2 Å². The average molecular weight is 410 g/mol. The van der Waals surface area contributed by atoms with E-state index in [0.717, 1.165) is 9.99 Å². The van der Waals surface area contributed by atoms with Crippen molar-refractivity contribution in [1.29, 1.82) is 0 Å². The Morgan fingerprint density at radius 1 is 1.10 bits per heavy atom. The number of imidazole rings is 1.